The van der Waals surface area contributed by atoms with Crippen molar-refractivity contribution in [2.75, 3.05) is 19.0 Å². The van der Waals surface area contributed by atoms with E-state index in [0.717, 1.165) is 10.2 Å². The van der Waals surface area contributed by atoms with Gasteiger partial charge in [0.1, 0.15) is 0 Å². The van der Waals surface area contributed by atoms with Gasteiger partial charge in [-0.25, -0.2) is 9.78 Å². The molecule has 1 unspecified atom stereocenters. The number of hydrogen-bond donors (Lipinski definition) is 2. The summed E-state index contributed by atoms with van der Waals surface area (Å²) < 4.78 is 5.89. The minimum Gasteiger partial charge on any atom is -0.479 e. The lowest BCUT2D eigenvalue weighted by Crippen LogP contribution is -2.30. The average Bonchev–Trinajstić information content (AvgIpc) is 2.71. The Kier molecular flexibility index (Phi) is 3.55. The third kappa shape index (κ3) is 2.72. The van der Waals surface area contributed by atoms with E-state index in [1.54, 1.807) is 0 Å². The molecule has 0 saturated heterocycles. The van der Waals surface area contributed by atoms with Gasteiger partial charge in [0.2, 0.25) is 0 Å². The molecular formula is C11H12N2O3S. The number of aliphatic carboxylic acids is 1. The van der Waals surface area contributed by atoms with Crippen LogP contribution in [0.5, 0.6) is 0 Å². The molecule has 2 aromatic rings. The van der Waals surface area contributed by atoms with Crippen molar-refractivity contribution in [2.24, 2.45) is 0 Å². The Balaban J connectivity index is 2.06. The number of carbonyl (C=O) groups is 1. The molecule has 0 aliphatic heterocycles. The van der Waals surface area contributed by atoms with E-state index in [2.05, 4.69) is 10.3 Å². The quantitative estimate of drug-likeness (QED) is 0.849. The predicted octanol–water partition coefficient (Wildman–Crippen LogP) is 1.81. The van der Waals surface area contributed by atoms with Crippen LogP contribution >= 0.6 is 11.3 Å². The van der Waals surface area contributed by atoms with Gasteiger partial charge in [-0.2, -0.15) is 0 Å². The Morgan fingerprint density at radius 1 is 1.59 bits per heavy atom. The Labute approximate surface area is 102 Å². The summed E-state index contributed by atoms with van der Waals surface area (Å²) in [7, 11) is 1.37. The van der Waals surface area contributed by atoms with E-state index in [-0.39, 0.29) is 6.54 Å². The summed E-state index contributed by atoms with van der Waals surface area (Å²) >= 11 is 1.49. The number of nitrogens with one attached hydrogen (secondary N) is 1. The molecule has 1 heterocycles. The smallest absolute Gasteiger partial charge is 0.334 e. The summed E-state index contributed by atoms with van der Waals surface area (Å²) in [5.74, 6) is -0.985. The first-order valence-electron chi connectivity index (χ1n) is 5.05. The number of fused-ring (bicyclic) bond motifs is 1. The first-order chi connectivity index (χ1) is 8.20. The largest absolute Gasteiger partial charge is 0.479 e. The lowest BCUT2D eigenvalue weighted by molar-refractivity contribution is -0.147. The van der Waals surface area contributed by atoms with Gasteiger partial charge < -0.3 is 15.2 Å². The average molecular weight is 252 g/mol. The second kappa shape index (κ2) is 5.11. The number of thiazole rings is 1. The number of carboxylic acids is 1. The number of ether oxygens (including phenoxy) is 1. The number of benzene rings is 1. The highest BCUT2D eigenvalue weighted by Crippen LogP contribution is 2.25. The molecule has 0 radical (unpaired) electrons. The number of anilines is 1. The Morgan fingerprint density at radius 2 is 2.35 bits per heavy atom. The van der Waals surface area contributed by atoms with E-state index in [4.69, 9.17) is 9.84 Å². The summed E-state index contributed by atoms with van der Waals surface area (Å²) in [6.45, 7) is 0.200. The van der Waals surface area contributed by atoms with Crippen molar-refractivity contribution in [2.45, 2.75) is 6.10 Å². The maximum Gasteiger partial charge on any atom is 0.334 e. The van der Waals surface area contributed by atoms with Gasteiger partial charge >= 0.3 is 5.97 Å². The Morgan fingerprint density at radius 3 is 3.00 bits per heavy atom. The predicted molar refractivity (Wildman–Crippen MR) is 66.5 cm³/mol. The number of rotatable bonds is 5. The third-order valence-electron chi connectivity index (χ3n) is 2.29. The van der Waals surface area contributed by atoms with Crippen LogP contribution in [-0.2, 0) is 9.53 Å². The van der Waals surface area contributed by atoms with E-state index in [1.807, 2.05) is 24.3 Å². The molecule has 0 spiro atoms. The molecule has 2 rings (SSSR count). The molecule has 1 aromatic carbocycles. The van der Waals surface area contributed by atoms with Crippen LogP contribution in [0.15, 0.2) is 24.3 Å². The monoisotopic (exact) mass is 252 g/mol. The van der Waals surface area contributed by atoms with Crippen LogP contribution in [0.2, 0.25) is 0 Å². The number of carboxylic acid groups (broad SMARTS) is 1. The Hall–Kier alpha value is -1.66. The van der Waals surface area contributed by atoms with E-state index in [0.29, 0.717) is 5.13 Å². The van der Waals surface area contributed by atoms with Crippen LogP contribution in [0, 0.1) is 0 Å². The molecule has 0 amide bonds. The molecular weight excluding hydrogens is 240 g/mol. The molecule has 0 aliphatic carbocycles. The second-order valence-electron chi connectivity index (χ2n) is 3.43. The first kappa shape index (κ1) is 11.8. The zero-order valence-electron chi connectivity index (χ0n) is 9.21. The van der Waals surface area contributed by atoms with Crippen LogP contribution < -0.4 is 5.32 Å². The van der Waals surface area contributed by atoms with Crippen LogP contribution in [0.3, 0.4) is 0 Å². The van der Waals surface area contributed by atoms with Crippen molar-refractivity contribution in [3.63, 3.8) is 0 Å². The molecule has 2 N–H and O–H groups in total. The number of para-hydroxylation sites is 1. The van der Waals surface area contributed by atoms with Gasteiger partial charge in [-0.1, -0.05) is 23.5 Å². The molecule has 0 saturated carbocycles. The molecule has 6 heteroatoms. The molecule has 1 atom stereocenters. The summed E-state index contributed by atoms with van der Waals surface area (Å²) in [6, 6.07) is 7.76. The lowest BCUT2D eigenvalue weighted by Gasteiger charge is -2.10. The zero-order valence-corrected chi connectivity index (χ0v) is 10.0. The van der Waals surface area contributed by atoms with Gasteiger partial charge in [0.05, 0.1) is 16.8 Å². The van der Waals surface area contributed by atoms with Crippen LogP contribution in [0.1, 0.15) is 0 Å². The van der Waals surface area contributed by atoms with Crippen molar-refractivity contribution >= 4 is 32.7 Å². The molecule has 0 aliphatic rings. The first-order valence-corrected chi connectivity index (χ1v) is 5.87. The van der Waals surface area contributed by atoms with E-state index in [9.17, 15) is 4.79 Å². The van der Waals surface area contributed by atoms with Crippen molar-refractivity contribution in [1.29, 1.82) is 0 Å². The van der Waals surface area contributed by atoms with Gasteiger partial charge in [0.25, 0.3) is 0 Å². The fourth-order valence-electron chi connectivity index (χ4n) is 1.40. The number of methoxy groups -OCH3 is 1. The van der Waals surface area contributed by atoms with E-state index >= 15 is 0 Å². The summed E-state index contributed by atoms with van der Waals surface area (Å²) in [5.41, 5.74) is 0.907. The van der Waals surface area contributed by atoms with Gasteiger partial charge in [0, 0.05) is 7.11 Å². The SMILES string of the molecule is COC(CNc1nc2ccccc2s1)C(=O)O. The highest BCUT2D eigenvalue weighted by Gasteiger charge is 2.16. The topological polar surface area (TPSA) is 71.5 Å². The van der Waals surface area contributed by atoms with Crippen molar-refractivity contribution in [1.82, 2.24) is 4.98 Å². The molecule has 5 nitrogen and oxygen atoms in total. The zero-order chi connectivity index (χ0) is 12.3. The number of aromatic nitrogens is 1. The third-order valence-corrected chi connectivity index (χ3v) is 3.29. The fraction of sp³-hybridized carbons (Fsp3) is 0.273. The fourth-order valence-corrected chi connectivity index (χ4v) is 2.27. The number of nitrogens with zero attached hydrogens (tertiary/aromatic N) is 1. The van der Waals surface area contributed by atoms with Crippen LogP contribution in [-0.4, -0.2) is 35.8 Å². The van der Waals surface area contributed by atoms with E-state index in [1.165, 1.54) is 18.4 Å². The molecule has 0 bridgehead atoms. The number of hydrogen-bond acceptors (Lipinski definition) is 5. The van der Waals surface area contributed by atoms with Gasteiger partial charge in [0.15, 0.2) is 11.2 Å². The highest BCUT2D eigenvalue weighted by atomic mass is 32.1. The minimum atomic E-state index is -0.985. The van der Waals surface area contributed by atoms with Crippen molar-refractivity contribution in [3.8, 4) is 0 Å². The summed E-state index contributed by atoms with van der Waals surface area (Å²) in [6.07, 6.45) is -0.859. The molecule has 90 valence electrons. The van der Waals surface area contributed by atoms with Gasteiger partial charge in [-0.15, -0.1) is 0 Å². The maximum absolute atomic E-state index is 10.7. The van der Waals surface area contributed by atoms with Gasteiger partial charge in [-0.3, -0.25) is 0 Å². The standard InChI is InChI=1S/C11H12N2O3S/c1-16-8(10(14)15)6-12-11-13-7-4-2-3-5-9(7)17-11/h2-5,8H,6H2,1H3,(H,12,13)(H,14,15). The maximum atomic E-state index is 10.7. The summed E-state index contributed by atoms with van der Waals surface area (Å²) in [5, 5.41) is 12.5. The Bertz CT molecular complexity index is 493. The van der Waals surface area contributed by atoms with Crippen molar-refractivity contribution < 1.29 is 14.6 Å². The molecule has 17 heavy (non-hydrogen) atoms. The normalized spacial score (nSPS) is 12.5. The second-order valence-corrected chi connectivity index (χ2v) is 4.46. The van der Waals surface area contributed by atoms with Crippen LogP contribution in [0.4, 0.5) is 5.13 Å². The van der Waals surface area contributed by atoms with E-state index < -0.39 is 12.1 Å². The highest BCUT2D eigenvalue weighted by molar-refractivity contribution is 7.22. The van der Waals surface area contributed by atoms with Crippen LogP contribution in [0.25, 0.3) is 10.2 Å². The van der Waals surface area contributed by atoms with Crippen molar-refractivity contribution in [3.05, 3.63) is 24.3 Å². The minimum absolute atomic E-state index is 0.200. The summed E-state index contributed by atoms with van der Waals surface area (Å²) in [4.78, 5) is 15.1. The van der Waals surface area contributed by atoms with Gasteiger partial charge in [-0.05, 0) is 12.1 Å². The molecule has 1 aromatic heterocycles. The lowest BCUT2D eigenvalue weighted by atomic mass is 10.3. The molecule has 0 fully saturated rings.